The van der Waals surface area contributed by atoms with Gasteiger partial charge in [-0.15, -0.1) is 0 Å². The van der Waals surface area contributed by atoms with Gasteiger partial charge in [0.05, 0.1) is 11.4 Å². The molecule has 1 aromatic rings. The van der Waals surface area contributed by atoms with Gasteiger partial charge in [0.2, 0.25) is 0 Å². The first kappa shape index (κ1) is 14.0. The Morgan fingerprint density at radius 2 is 2.00 bits per heavy atom. The van der Waals surface area contributed by atoms with E-state index in [0.717, 1.165) is 0 Å². The largest absolute Gasteiger partial charge is 0.733 e. The maximum Gasteiger partial charge on any atom is 0.145 e. The van der Waals surface area contributed by atoms with Crippen LogP contribution in [0.2, 0.25) is 0 Å². The molecule has 1 aromatic carbocycles. The summed E-state index contributed by atoms with van der Waals surface area (Å²) >= 11 is 0. The van der Waals surface area contributed by atoms with Gasteiger partial charge in [0.15, 0.2) is 0 Å². The van der Waals surface area contributed by atoms with Crippen molar-refractivity contribution in [3.8, 4) is 0 Å². The second kappa shape index (κ2) is 6.04. The van der Waals surface area contributed by atoms with Crippen LogP contribution in [-0.2, 0) is 9.59 Å². The van der Waals surface area contributed by atoms with Crippen LogP contribution in [0, 0.1) is 11.1 Å². The first-order chi connectivity index (χ1) is 8.41. The van der Waals surface area contributed by atoms with Crippen molar-refractivity contribution in [1.29, 1.82) is 0 Å². The van der Waals surface area contributed by atoms with Crippen molar-refractivity contribution in [2.45, 2.75) is 13.8 Å². The Hall–Kier alpha value is -2.05. The summed E-state index contributed by atoms with van der Waals surface area (Å²) in [5.74, 6) is -1.48. The molecule has 0 spiro atoms. The van der Waals surface area contributed by atoms with E-state index in [1.807, 2.05) is 0 Å². The van der Waals surface area contributed by atoms with Gasteiger partial charge < -0.3 is 10.4 Å². The molecule has 6 heteroatoms. The number of Topliss-reactive ketones (excluding diaryl/α,β-unsaturated/α-hetero) is 2. The summed E-state index contributed by atoms with van der Waals surface area (Å²) in [4.78, 5) is 26.3. The maximum atomic E-state index is 11.2. The number of carbonyl (C=O) groups is 2. The zero-order valence-electron chi connectivity index (χ0n) is 10.0. The molecular formula is C12H13N2O4-. The average molecular weight is 249 g/mol. The highest BCUT2D eigenvalue weighted by Crippen LogP contribution is 2.20. The molecule has 0 radical (unpaired) electrons. The summed E-state index contributed by atoms with van der Waals surface area (Å²) < 4.78 is 0. The van der Waals surface area contributed by atoms with Gasteiger partial charge in [0.25, 0.3) is 0 Å². The molecule has 0 aliphatic heterocycles. The van der Waals surface area contributed by atoms with Crippen LogP contribution in [0.4, 0.5) is 11.4 Å². The molecule has 0 fully saturated rings. The van der Waals surface area contributed by atoms with Crippen LogP contribution in [0.15, 0.2) is 29.3 Å². The molecule has 0 saturated heterocycles. The second-order valence-electron chi connectivity index (χ2n) is 3.77. The lowest BCUT2D eigenvalue weighted by molar-refractivity contribution is -0.127. The highest BCUT2D eigenvalue weighted by Gasteiger charge is 2.16. The number of anilines is 1. The predicted molar refractivity (Wildman–Crippen MR) is 67.1 cm³/mol. The summed E-state index contributed by atoms with van der Waals surface area (Å²) in [6, 6.07) is 5.85. The summed E-state index contributed by atoms with van der Waals surface area (Å²) in [6.45, 7) is 2.61. The van der Waals surface area contributed by atoms with Crippen LogP contribution in [0.3, 0.4) is 0 Å². The first-order valence-corrected chi connectivity index (χ1v) is 5.23. The number of rotatable bonds is 5. The van der Waals surface area contributed by atoms with Crippen molar-refractivity contribution >= 4 is 29.2 Å². The fourth-order valence-electron chi connectivity index (χ4n) is 1.35. The lowest BCUT2D eigenvalue weighted by atomic mass is 10.0. The number of aliphatic imine (C=N–C) groups is 1. The summed E-state index contributed by atoms with van der Waals surface area (Å²) in [5.41, 5.74) is 0.391. The van der Waals surface area contributed by atoms with Gasteiger partial charge >= 0.3 is 0 Å². The topological polar surface area (TPSA) is 93.0 Å². The van der Waals surface area contributed by atoms with Crippen LogP contribution in [-0.4, -0.2) is 23.0 Å². The molecule has 0 aliphatic rings. The third kappa shape index (κ3) is 3.76. The van der Waals surface area contributed by atoms with Crippen LogP contribution >= 0.6 is 0 Å². The first-order valence-electron chi connectivity index (χ1n) is 5.23. The van der Waals surface area contributed by atoms with Crippen molar-refractivity contribution in [2.75, 3.05) is 5.23 Å². The molecule has 0 aliphatic carbocycles. The third-order valence-corrected chi connectivity index (χ3v) is 2.30. The molecule has 18 heavy (non-hydrogen) atoms. The summed E-state index contributed by atoms with van der Waals surface area (Å²) in [7, 11) is 0. The van der Waals surface area contributed by atoms with Crippen LogP contribution < -0.4 is 5.23 Å². The third-order valence-electron chi connectivity index (χ3n) is 2.30. The molecule has 0 atom stereocenters. The molecule has 0 saturated carbocycles. The van der Waals surface area contributed by atoms with E-state index < -0.39 is 5.92 Å². The minimum absolute atomic E-state index is 0.0202. The predicted octanol–water partition coefficient (Wildman–Crippen LogP) is 1.88. The number of benzene rings is 1. The molecule has 96 valence electrons. The quantitative estimate of drug-likeness (QED) is 0.488. The Labute approximate surface area is 104 Å². The van der Waals surface area contributed by atoms with Crippen molar-refractivity contribution in [3.63, 3.8) is 0 Å². The molecule has 0 aromatic heterocycles. The van der Waals surface area contributed by atoms with E-state index in [9.17, 15) is 14.8 Å². The number of hydrogen-bond acceptors (Lipinski definition) is 6. The highest BCUT2D eigenvalue weighted by atomic mass is 16.8. The average Bonchev–Trinajstić information content (AvgIpc) is 2.28. The lowest BCUT2D eigenvalue weighted by Gasteiger charge is -2.21. The van der Waals surface area contributed by atoms with E-state index in [2.05, 4.69) is 4.99 Å². The monoisotopic (exact) mass is 249 g/mol. The van der Waals surface area contributed by atoms with Gasteiger partial charge in [-0.05, 0) is 32.0 Å². The normalized spacial score (nSPS) is 10.9. The van der Waals surface area contributed by atoms with Crippen LogP contribution in [0.25, 0.3) is 0 Å². The summed E-state index contributed by atoms with van der Waals surface area (Å²) in [5, 5.41) is 19.1. The van der Waals surface area contributed by atoms with Crippen LogP contribution in [0.1, 0.15) is 13.8 Å². The minimum atomic E-state index is -0.883. The fraction of sp³-hybridized carbons (Fsp3) is 0.250. The van der Waals surface area contributed by atoms with Crippen molar-refractivity contribution in [1.82, 2.24) is 0 Å². The van der Waals surface area contributed by atoms with E-state index >= 15 is 0 Å². The molecule has 1 rings (SSSR count). The molecule has 0 heterocycles. The van der Waals surface area contributed by atoms with Crippen molar-refractivity contribution in [2.24, 2.45) is 10.9 Å². The highest BCUT2D eigenvalue weighted by molar-refractivity contribution is 6.13. The van der Waals surface area contributed by atoms with Gasteiger partial charge in [-0.3, -0.25) is 19.8 Å². The molecular weight excluding hydrogens is 236 g/mol. The Balaban J connectivity index is 2.92. The number of ketones is 2. The lowest BCUT2D eigenvalue weighted by Crippen LogP contribution is -2.20. The Morgan fingerprint density at radius 1 is 1.39 bits per heavy atom. The van der Waals surface area contributed by atoms with E-state index in [-0.39, 0.29) is 22.5 Å². The smallest absolute Gasteiger partial charge is 0.145 e. The van der Waals surface area contributed by atoms with Gasteiger partial charge in [0.1, 0.15) is 17.5 Å². The number of carbonyl (C=O) groups excluding carboxylic acids is 2. The standard InChI is InChI=1S/C12H13N2O4/c1-8(15)12(9(2)16)7-13-10-4-3-5-11(6-10)14(17)18/h3-7,12,17H,1-2H3/q-1. The van der Waals surface area contributed by atoms with E-state index in [4.69, 9.17) is 5.21 Å². The molecule has 6 nitrogen and oxygen atoms in total. The van der Waals surface area contributed by atoms with E-state index in [1.54, 1.807) is 6.07 Å². The van der Waals surface area contributed by atoms with Crippen molar-refractivity contribution in [3.05, 3.63) is 29.5 Å². The number of hydrogen-bond donors (Lipinski definition) is 1. The Morgan fingerprint density at radius 3 is 2.50 bits per heavy atom. The molecule has 0 amide bonds. The van der Waals surface area contributed by atoms with Crippen LogP contribution in [0.5, 0.6) is 0 Å². The van der Waals surface area contributed by atoms with Gasteiger partial charge in [-0.1, -0.05) is 6.07 Å². The van der Waals surface area contributed by atoms with E-state index in [0.29, 0.717) is 5.69 Å². The zero-order valence-corrected chi connectivity index (χ0v) is 10.0. The molecule has 1 N–H and O–H groups in total. The molecule has 0 bridgehead atoms. The Kier molecular flexibility index (Phi) is 4.70. The molecule has 0 unspecified atom stereocenters. The number of nitrogens with zero attached hydrogens (tertiary/aromatic N) is 2. The summed E-state index contributed by atoms with van der Waals surface area (Å²) in [6.07, 6.45) is 1.23. The fourth-order valence-corrected chi connectivity index (χ4v) is 1.35. The minimum Gasteiger partial charge on any atom is -0.733 e. The van der Waals surface area contributed by atoms with Crippen molar-refractivity contribution < 1.29 is 14.8 Å². The zero-order chi connectivity index (χ0) is 13.7. The maximum absolute atomic E-state index is 11.2. The Bertz CT molecular complexity index is 469. The SMILES string of the molecule is CC(=O)C(C=Nc1cccc(N([O-])O)c1)C(C)=O. The van der Waals surface area contributed by atoms with Gasteiger partial charge in [-0.2, -0.15) is 0 Å². The second-order valence-corrected chi connectivity index (χ2v) is 3.77. The van der Waals surface area contributed by atoms with E-state index in [1.165, 1.54) is 38.3 Å². The van der Waals surface area contributed by atoms with Gasteiger partial charge in [-0.25, -0.2) is 0 Å². The van der Waals surface area contributed by atoms with Gasteiger partial charge in [0, 0.05) is 6.21 Å².